The van der Waals surface area contributed by atoms with Crippen LogP contribution in [0.4, 0.5) is 0 Å². The molecule has 2 aromatic rings. The Balaban J connectivity index is 2.32. The number of nitrogens with zero attached hydrogens (tertiary/aromatic N) is 1. The zero-order chi connectivity index (χ0) is 13.1. The van der Waals surface area contributed by atoms with E-state index in [1.165, 1.54) is 5.56 Å². The Hall–Kier alpha value is -1.62. The molecule has 2 rings (SSSR count). The molecular weight excluding hydrogens is 296 g/mol. The molecule has 0 unspecified atom stereocenters. The van der Waals surface area contributed by atoms with Crippen LogP contribution >= 0.6 is 15.9 Å². The number of H-pyrrole nitrogens is 1. The van der Waals surface area contributed by atoms with Crippen molar-refractivity contribution >= 4 is 21.9 Å². The van der Waals surface area contributed by atoms with E-state index in [9.17, 15) is 4.79 Å². The van der Waals surface area contributed by atoms with E-state index in [0.29, 0.717) is 10.2 Å². The smallest absolute Gasteiger partial charge is 0.309 e. The Morgan fingerprint density at radius 2 is 2.06 bits per heavy atom. The predicted molar refractivity (Wildman–Crippen MR) is 72.4 cm³/mol. The maximum Gasteiger partial charge on any atom is 0.309 e. The standard InChI is InChI=1S/C13H13BrN2O2/c1-2-8-3-5-9(6-4-8)13-12(14)10(15-16-13)7-11(17)18/h3-6H,2,7H2,1H3,(H,15,16)(H,17,18). The van der Waals surface area contributed by atoms with E-state index in [2.05, 4.69) is 33.1 Å². The van der Waals surface area contributed by atoms with Gasteiger partial charge in [0.15, 0.2) is 0 Å². The first-order chi connectivity index (χ1) is 8.61. The molecule has 4 nitrogen and oxygen atoms in total. The quantitative estimate of drug-likeness (QED) is 0.912. The number of rotatable bonds is 4. The van der Waals surface area contributed by atoms with Crippen molar-refractivity contribution < 1.29 is 9.90 Å². The van der Waals surface area contributed by atoms with Crippen LogP contribution in [-0.4, -0.2) is 21.3 Å². The number of carbonyl (C=O) groups is 1. The predicted octanol–water partition coefficient (Wildman–Crippen LogP) is 3.03. The summed E-state index contributed by atoms with van der Waals surface area (Å²) < 4.78 is 0.717. The average molecular weight is 309 g/mol. The molecule has 2 N–H and O–H groups in total. The molecule has 0 saturated carbocycles. The zero-order valence-corrected chi connectivity index (χ0v) is 11.5. The van der Waals surface area contributed by atoms with Gasteiger partial charge < -0.3 is 5.11 Å². The first kappa shape index (κ1) is 12.8. The summed E-state index contributed by atoms with van der Waals surface area (Å²) in [7, 11) is 0. The van der Waals surface area contributed by atoms with Crippen molar-refractivity contribution in [1.29, 1.82) is 0 Å². The van der Waals surface area contributed by atoms with E-state index < -0.39 is 5.97 Å². The highest BCUT2D eigenvalue weighted by Crippen LogP contribution is 2.29. The van der Waals surface area contributed by atoms with Gasteiger partial charge in [-0.15, -0.1) is 0 Å². The lowest BCUT2D eigenvalue weighted by molar-refractivity contribution is -0.136. The van der Waals surface area contributed by atoms with Gasteiger partial charge in [-0.2, -0.15) is 5.10 Å². The Morgan fingerprint density at radius 3 is 2.61 bits per heavy atom. The number of benzene rings is 1. The Labute approximate surface area is 113 Å². The lowest BCUT2D eigenvalue weighted by atomic mass is 10.1. The largest absolute Gasteiger partial charge is 0.481 e. The molecule has 0 aliphatic carbocycles. The van der Waals surface area contributed by atoms with Crippen LogP contribution in [0.5, 0.6) is 0 Å². The number of nitrogens with one attached hydrogen (secondary N) is 1. The van der Waals surface area contributed by atoms with Gasteiger partial charge in [0, 0.05) is 5.56 Å². The zero-order valence-electron chi connectivity index (χ0n) is 9.90. The van der Waals surface area contributed by atoms with Crippen molar-refractivity contribution in [1.82, 2.24) is 10.2 Å². The highest BCUT2D eigenvalue weighted by molar-refractivity contribution is 9.10. The summed E-state index contributed by atoms with van der Waals surface area (Å²) in [4.78, 5) is 10.7. The fourth-order valence-corrected chi connectivity index (χ4v) is 2.27. The summed E-state index contributed by atoms with van der Waals surface area (Å²) in [5.41, 5.74) is 3.55. The van der Waals surface area contributed by atoms with Crippen molar-refractivity contribution in [3.05, 3.63) is 40.0 Å². The number of carboxylic acid groups (broad SMARTS) is 1. The molecule has 0 spiro atoms. The molecule has 1 aromatic carbocycles. The molecule has 18 heavy (non-hydrogen) atoms. The van der Waals surface area contributed by atoms with Crippen molar-refractivity contribution in [3.63, 3.8) is 0 Å². The van der Waals surface area contributed by atoms with Crippen molar-refractivity contribution in [2.75, 3.05) is 0 Å². The Morgan fingerprint density at radius 1 is 1.39 bits per heavy atom. The van der Waals surface area contributed by atoms with Crippen LogP contribution in [0, 0.1) is 0 Å². The van der Waals surface area contributed by atoms with Gasteiger partial charge >= 0.3 is 5.97 Å². The van der Waals surface area contributed by atoms with Gasteiger partial charge in [-0.1, -0.05) is 31.2 Å². The van der Waals surface area contributed by atoms with E-state index in [1.54, 1.807) is 0 Å². The molecule has 1 aromatic heterocycles. The van der Waals surface area contributed by atoms with E-state index in [-0.39, 0.29) is 6.42 Å². The molecule has 94 valence electrons. The number of hydrogen-bond acceptors (Lipinski definition) is 2. The maximum atomic E-state index is 10.7. The molecule has 0 atom stereocenters. The maximum absolute atomic E-state index is 10.7. The number of aliphatic carboxylic acids is 1. The number of aryl methyl sites for hydroxylation is 1. The van der Waals surface area contributed by atoms with Crippen LogP contribution in [0.15, 0.2) is 28.7 Å². The SMILES string of the molecule is CCc1ccc(-c2n[nH]c(CC(=O)O)c2Br)cc1. The van der Waals surface area contributed by atoms with Gasteiger partial charge in [0.25, 0.3) is 0 Å². The summed E-state index contributed by atoms with van der Waals surface area (Å²) >= 11 is 3.39. The first-order valence-corrected chi connectivity index (χ1v) is 6.45. The Kier molecular flexibility index (Phi) is 3.81. The minimum absolute atomic E-state index is 0.0688. The second-order valence-corrected chi connectivity index (χ2v) is 4.78. The molecule has 5 heteroatoms. The van der Waals surface area contributed by atoms with Crippen LogP contribution in [-0.2, 0) is 17.6 Å². The lowest BCUT2D eigenvalue weighted by Gasteiger charge is -2.00. The van der Waals surface area contributed by atoms with Crippen LogP contribution < -0.4 is 0 Å². The van der Waals surface area contributed by atoms with E-state index in [0.717, 1.165) is 17.7 Å². The molecule has 0 fully saturated rings. The van der Waals surface area contributed by atoms with Crippen LogP contribution in [0.25, 0.3) is 11.3 Å². The van der Waals surface area contributed by atoms with Gasteiger partial charge in [-0.05, 0) is 27.9 Å². The van der Waals surface area contributed by atoms with E-state index in [1.807, 2.05) is 24.3 Å². The summed E-state index contributed by atoms with van der Waals surface area (Å²) in [5.74, 6) is -0.882. The molecule has 0 aliphatic heterocycles. The molecule has 0 saturated heterocycles. The molecule has 1 heterocycles. The number of carboxylic acids is 1. The van der Waals surface area contributed by atoms with Crippen molar-refractivity contribution in [3.8, 4) is 11.3 Å². The summed E-state index contributed by atoms with van der Waals surface area (Å²) in [6.45, 7) is 2.10. The number of aromatic amines is 1. The molecule has 0 bridgehead atoms. The lowest BCUT2D eigenvalue weighted by Crippen LogP contribution is -2.00. The normalized spacial score (nSPS) is 10.6. The highest BCUT2D eigenvalue weighted by Gasteiger charge is 2.14. The van der Waals surface area contributed by atoms with Gasteiger partial charge in [0.1, 0.15) is 5.69 Å². The fraction of sp³-hybridized carbons (Fsp3) is 0.231. The van der Waals surface area contributed by atoms with Gasteiger partial charge in [-0.3, -0.25) is 9.89 Å². The third kappa shape index (κ3) is 2.61. The van der Waals surface area contributed by atoms with Gasteiger partial charge in [0.2, 0.25) is 0 Å². The third-order valence-electron chi connectivity index (χ3n) is 2.74. The van der Waals surface area contributed by atoms with Crippen LogP contribution in [0.2, 0.25) is 0 Å². The Bertz CT molecular complexity index is 561. The van der Waals surface area contributed by atoms with Crippen LogP contribution in [0.1, 0.15) is 18.2 Å². The number of hydrogen-bond donors (Lipinski definition) is 2. The average Bonchev–Trinajstić information content (AvgIpc) is 2.71. The number of aromatic nitrogens is 2. The third-order valence-corrected chi connectivity index (χ3v) is 3.59. The monoisotopic (exact) mass is 308 g/mol. The molecule has 0 aliphatic rings. The fourth-order valence-electron chi connectivity index (χ4n) is 1.72. The van der Waals surface area contributed by atoms with Gasteiger partial charge in [0.05, 0.1) is 16.6 Å². The van der Waals surface area contributed by atoms with Crippen LogP contribution in [0.3, 0.4) is 0 Å². The summed E-state index contributed by atoms with van der Waals surface area (Å²) in [6, 6.07) is 8.08. The number of halogens is 1. The van der Waals surface area contributed by atoms with Gasteiger partial charge in [-0.25, -0.2) is 0 Å². The van der Waals surface area contributed by atoms with E-state index in [4.69, 9.17) is 5.11 Å². The minimum atomic E-state index is -0.882. The van der Waals surface area contributed by atoms with Crippen molar-refractivity contribution in [2.24, 2.45) is 0 Å². The highest BCUT2D eigenvalue weighted by atomic mass is 79.9. The summed E-state index contributed by atoms with van der Waals surface area (Å²) in [5, 5.41) is 15.7. The van der Waals surface area contributed by atoms with Crippen molar-refractivity contribution in [2.45, 2.75) is 19.8 Å². The second-order valence-electron chi connectivity index (χ2n) is 3.99. The minimum Gasteiger partial charge on any atom is -0.481 e. The summed E-state index contributed by atoms with van der Waals surface area (Å²) in [6.07, 6.45) is 0.924. The molecule has 0 radical (unpaired) electrons. The van der Waals surface area contributed by atoms with E-state index >= 15 is 0 Å². The topological polar surface area (TPSA) is 66.0 Å². The molecular formula is C13H13BrN2O2. The second kappa shape index (κ2) is 5.35. The molecule has 0 amide bonds. The first-order valence-electron chi connectivity index (χ1n) is 5.65.